The second kappa shape index (κ2) is 4.01. The number of aliphatic carboxylic acids is 1. The van der Waals surface area contributed by atoms with Crippen LogP contribution in [0.1, 0.15) is 19.4 Å². The Morgan fingerprint density at radius 2 is 2.11 bits per heavy atom. The van der Waals surface area contributed by atoms with Crippen LogP contribution in [0.4, 0.5) is 11.4 Å². The average Bonchev–Trinajstić information content (AvgIpc) is 2.66. The van der Waals surface area contributed by atoms with E-state index in [2.05, 4.69) is 5.32 Å². The molecule has 1 aliphatic heterocycles. The second-order valence-corrected chi connectivity index (χ2v) is 4.99. The number of nitrogens with zero attached hydrogens (tertiary/aromatic N) is 1. The summed E-state index contributed by atoms with van der Waals surface area (Å²) in [6.07, 6.45) is 0.352. The van der Waals surface area contributed by atoms with E-state index in [1.54, 1.807) is 25.8 Å². The molecule has 1 aromatic carbocycles. The summed E-state index contributed by atoms with van der Waals surface area (Å²) < 4.78 is 0. The van der Waals surface area contributed by atoms with Crippen LogP contribution in [0, 0.1) is 0 Å². The smallest absolute Gasteiger partial charge is 0.328 e. The van der Waals surface area contributed by atoms with Crippen LogP contribution in [0.2, 0.25) is 0 Å². The molecule has 5 nitrogen and oxygen atoms in total. The molecule has 0 aliphatic carbocycles. The molecule has 0 fully saturated rings. The summed E-state index contributed by atoms with van der Waals surface area (Å²) in [6.45, 7) is 3.29. The first-order valence-electron chi connectivity index (χ1n) is 5.72. The number of carbonyl (C=O) groups is 2. The lowest BCUT2D eigenvalue weighted by molar-refractivity contribution is -0.142. The zero-order valence-corrected chi connectivity index (χ0v) is 10.7. The molecule has 18 heavy (non-hydrogen) atoms. The number of likely N-dealkylation sites (N-methyl/N-ethyl adjacent to an activating group) is 1. The fraction of sp³-hybridized carbons (Fsp3) is 0.385. The number of benzene rings is 1. The van der Waals surface area contributed by atoms with Gasteiger partial charge in [0.05, 0.1) is 6.42 Å². The van der Waals surface area contributed by atoms with E-state index >= 15 is 0 Å². The molecule has 2 N–H and O–H groups in total. The normalized spacial score (nSPS) is 14.1. The van der Waals surface area contributed by atoms with Crippen LogP contribution in [0.25, 0.3) is 0 Å². The standard InChI is InChI=1S/C13H16N2O3/c1-13(2,12(17)18)15(3)9-4-5-10-8(6-9)7-11(16)14-10/h4-6H,7H2,1-3H3,(H,14,16)(H,17,18). The SMILES string of the molecule is CN(c1ccc2c(c1)CC(=O)N2)C(C)(C)C(=O)O. The molecule has 5 heteroatoms. The van der Waals surface area contributed by atoms with Gasteiger partial charge in [-0.1, -0.05) is 0 Å². The molecular formula is C13H16N2O3. The monoisotopic (exact) mass is 248 g/mol. The van der Waals surface area contributed by atoms with Crippen molar-refractivity contribution in [2.24, 2.45) is 0 Å². The Hall–Kier alpha value is -2.04. The predicted molar refractivity (Wildman–Crippen MR) is 68.9 cm³/mol. The van der Waals surface area contributed by atoms with Crippen molar-refractivity contribution in [1.29, 1.82) is 0 Å². The van der Waals surface area contributed by atoms with Crippen LogP contribution in [0.3, 0.4) is 0 Å². The second-order valence-electron chi connectivity index (χ2n) is 4.99. The van der Waals surface area contributed by atoms with E-state index in [4.69, 9.17) is 0 Å². The van der Waals surface area contributed by atoms with E-state index in [1.807, 2.05) is 18.2 Å². The van der Waals surface area contributed by atoms with Crippen molar-refractivity contribution >= 4 is 23.3 Å². The summed E-state index contributed by atoms with van der Waals surface area (Å²) in [5.74, 6) is -0.915. The molecule has 0 saturated carbocycles. The van der Waals surface area contributed by atoms with Gasteiger partial charge in [-0.3, -0.25) is 4.79 Å². The lowest BCUT2D eigenvalue weighted by Crippen LogP contribution is -2.48. The zero-order valence-electron chi connectivity index (χ0n) is 10.7. The first-order chi connectivity index (χ1) is 8.32. The van der Waals surface area contributed by atoms with E-state index in [0.717, 1.165) is 16.9 Å². The minimum absolute atomic E-state index is 0.0257. The highest BCUT2D eigenvalue weighted by atomic mass is 16.4. The fourth-order valence-electron chi connectivity index (χ4n) is 1.89. The number of fused-ring (bicyclic) bond motifs is 1. The topological polar surface area (TPSA) is 69.6 Å². The third-order valence-corrected chi connectivity index (χ3v) is 3.46. The molecule has 96 valence electrons. The van der Waals surface area contributed by atoms with Gasteiger partial charge in [-0.15, -0.1) is 0 Å². The van der Waals surface area contributed by atoms with E-state index in [1.165, 1.54) is 0 Å². The van der Waals surface area contributed by atoms with Crippen LogP contribution in [-0.4, -0.2) is 29.6 Å². The van der Waals surface area contributed by atoms with Crippen molar-refractivity contribution in [1.82, 2.24) is 0 Å². The number of nitrogens with one attached hydrogen (secondary N) is 1. The van der Waals surface area contributed by atoms with Crippen LogP contribution < -0.4 is 10.2 Å². The highest BCUT2D eigenvalue weighted by Gasteiger charge is 2.32. The Balaban J connectivity index is 2.34. The summed E-state index contributed by atoms with van der Waals surface area (Å²) in [6, 6.07) is 5.48. The van der Waals surface area contributed by atoms with Gasteiger partial charge >= 0.3 is 5.97 Å². The fourth-order valence-corrected chi connectivity index (χ4v) is 1.89. The zero-order chi connectivity index (χ0) is 13.5. The van der Waals surface area contributed by atoms with Gasteiger partial charge in [0.2, 0.25) is 5.91 Å². The Labute approximate surface area is 105 Å². The summed E-state index contributed by atoms with van der Waals surface area (Å²) >= 11 is 0. The van der Waals surface area contributed by atoms with Crippen molar-refractivity contribution in [3.8, 4) is 0 Å². The van der Waals surface area contributed by atoms with Crippen molar-refractivity contribution in [3.05, 3.63) is 23.8 Å². The third-order valence-electron chi connectivity index (χ3n) is 3.46. The van der Waals surface area contributed by atoms with Crippen LogP contribution in [0.5, 0.6) is 0 Å². The number of carboxylic acids is 1. The van der Waals surface area contributed by atoms with E-state index in [0.29, 0.717) is 6.42 Å². The third kappa shape index (κ3) is 1.92. The first kappa shape index (κ1) is 12.4. The van der Waals surface area contributed by atoms with E-state index in [-0.39, 0.29) is 5.91 Å². The van der Waals surface area contributed by atoms with Crippen LogP contribution in [0.15, 0.2) is 18.2 Å². The maximum Gasteiger partial charge on any atom is 0.328 e. The molecule has 0 saturated heterocycles. The molecule has 0 spiro atoms. The molecule has 1 aromatic rings. The number of hydrogen-bond acceptors (Lipinski definition) is 3. The number of carbonyl (C=O) groups excluding carboxylic acids is 1. The molecule has 1 amide bonds. The maximum absolute atomic E-state index is 11.3. The predicted octanol–water partition coefficient (Wildman–Crippen LogP) is 1.48. The first-order valence-corrected chi connectivity index (χ1v) is 5.72. The van der Waals surface area contributed by atoms with Crippen molar-refractivity contribution in [2.45, 2.75) is 25.8 Å². The molecule has 0 radical (unpaired) electrons. The molecule has 1 heterocycles. The highest BCUT2D eigenvalue weighted by Crippen LogP contribution is 2.30. The average molecular weight is 248 g/mol. The van der Waals surface area contributed by atoms with Gasteiger partial charge in [0, 0.05) is 18.4 Å². The number of carboxylic acid groups (broad SMARTS) is 1. The largest absolute Gasteiger partial charge is 0.480 e. The molecular weight excluding hydrogens is 232 g/mol. The quantitative estimate of drug-likeness (QED) is 0.850. The molecule has 0 bridgehead atoms. The number of amides is 1. The van der Waals surface area contributed by atoms with Crippen molar-refractivity contribution < 1.29 is 14.7 Å². The van der Waals surface area contributed by atoms with Gasteiger partial charge in [-0.05, 0) is 37.6 Å². The van der Waals surface area contributed by atoms with Crippen LogP contribution in [-0.2, 0) is 16.0 Å². The molecule has 0 unspecified atom stereocenters. The lowest BCUT2D eigenvalue weighted by atomic mass is 10.0. The molecule has 1 aliphatic rings. The minimum Gasteiger partial charge on any atom is -0.480 e. The molecule has 0 aromatic heterocycles. The van der Waals surface area contributed by atoms with E-state index < -0.39 is 11.5 Å². The molecule has 2 rings (SSSR count). The van der Waals surface area contributed by atoms with Gasteiger partial charge in [-0.25, -0.2) is 4.79 Å². The van der Waals surface area contributed by atoms with Crippen LogP contribution >= 0.6 is 0 Å². The van der Waals surface area contributed by atoms with Crippen molar-refractivity contribution in [3.63, 3.8) is 0 Å². The lowest BCUT2D eigenvalue weighted by Gasteiger charge is -2.33. The Bertz CT molecular complexity index is 523. The number of anilines is 2. The highest BCUT2D eigenvalue weighted by molar-refractivity contribution is 5.99. The Morgan fingerprint density at radius 1 is 1.44 bits per heavy atom. The molecule has 0 atom stereocenters. The maximum atomic E-state index is 11.3. The summed E-state index contributed by atoms with van der Waals surface area (Å²) in [7, 11) is 1.74. The Kier molecular flexibility index (Phi) is 2.77. The number of rotatable bonds is 3. The number of hydrogen-bond donors (Lipinski definition) is 2. The van der Waals surface area contributed by atoms with Gasteiger partial charge in [0.15, 0.2) is 0 Å². The summed E-state index contributed by atoms with van der Waals surface area (Å²) in [5.41, 5.74) is 1.51. The van der Waals surface area contributed by atoms with Gasteiger partial charge in [-0.2, -0.15) is 0 Å². The van der Waals surface area contributed by atoms with E-state index in [9.17, 15) is 14.7 Å². The van der Waals surface area contributed by atoms with Crippen molar-refractivity contribution in [2.75, 3.05) is 17.3 Å². The summed E-state index contributed by atoms with van der Waals surface area (Å²) in [4.78, 5) is 24.2. The van der Waals surface area contributed by atoms with Gasteiger partial charge in [0.1, 0.15) is 5.54 Å². The van der Waals surface area contributed by atoms with Gasteiger partial charge in [0.25, 0.3) is 0 Å². The summed E-state index contributed by atoms with van der Waals surface area (Å²) in [5, 5.41) is 12.0. The van der Waals surface area contributed by atoms with Gasteiger partial charge < -0.3 is 15.3 Å². The Morgan fingerprint density at radius 3 is 2.72 bits per heavy atom. The minimum atomic E-state index is -0.996.